The van der Waals surface area contributed by atoms with Crippen molar-refractivity contribution in [3.05, 3.63) is 35.4 Å². The van der Waals surface area contributed by atoms with Gasteiger partial charge < -0.3 is 4.90 Å². The van der Waals surface area contributed by atoms with Crippen LogP contribution in [-0.4, -0.2) is 37.4 Å². The van der Waals surface area contributed by atoms with Crippen molar-refractivity contribution in [3.63, 3.8) is 0 Å². The zero-order valence-electron chi connectivity index (χ0n) is 11.8. The fourth-order valence-corrected chi connectivity index (χ4v) is 2.02. The molecule has 0 aromatic carbocycles. The molecule has 0 aliphatic carbocycles. The molecule has 6 nitrogen and oxygen atoms in total. The third kappa shape index (κ3) is 2.83. The first-order valence-corrected chi connectivity index (χ1v) is 6.28. The van der Waals surface area contributed by atoms with Gasteiger partial charge in [-0.25, -0.2) is 0 Å². The molecular formula is C13H19N5O. The molecule has 1 amide bonds. The van der Waals surface area contributed by atoms with Crippen molar-refractivity contribution in [3.8, 4) is 0 Å². The summed E-state index contributed by atoms with van der Waals surface area (Å²) in [7, 11) is 3.60. The Balaban J connectivity index is 2.09. The molecule has 0 saturated heterocycles. The van der Waals surface area contributed by atoms with Gasteiger partial charge in [0.05, 0.1) is 17.5 Å². The Morgan fingerprint density at radius 1 is 1.42 bits per heavy atom. The van der Waals surface area contributed by atoms with Gasteiger partial charge in [-0.3, -0.25) is 14.2 Å². The van der Waals surface area contributed by atoms with Crippen LogP contribution in [0.5, 0.6) is 0 Å². The van der Waals surface area contributed by atoms with E-state index in [0.29, 0.717) is 12.1 Å². The Morgan fingerprint density at radius 2 is 2.16 bits per heavy atom. The van der Waals surface area contributed by atoms with Gasteiger partial charge in [-0.15, -0.1) is 0 Å². The zero-order valence-corrected chi connectivity index (χ0v) is 11.8. The lowest BCUT2D eigenvalue weighted by Crippen LogP contribution is -2.26. The van der Waals surface area contributed by atoms with E-state index in [9.17, 15) is 4.79 Å². The Hall–Kier alpha value is -2.11. The molecule has 6 heteroatoms. The van der Waals surface area contributed by atoms with Crippen molar-refractivity contribution in [2.45, 2.75) is 26.9 Å². The Morgan fingerprint density at radius 3 is 2.68 bits per heavy atom. The van der Waals surface area contributed by atoms with Crippen LogP contribution in [0.25, 0.3) is 0 Å². The molecule has 2 heterocycles. The molecule has 2 aromatic rings. The molecular weight excluding hydrogens is 242 g/mol. The van der Waals surface area contributed by atoms with Gasteiger partial charge in [0.25, 0.3) is 5.91 Å². The van der Waals surface area contributed by atoms with E-state index >= 15 is 0 Å². The third-order valence-electron chi connectivity index (χ3n) is 3.02. The predicted molar refractivity (Wildman–Crippen MR) is 71.6 cm³/mol. The molecule has 0 atom stereocenters. The number of rotatable bonds is 4. The summed E-state index contributed by atoms with van der Waals surface area (Å²) < 4.78 is 3.51. The molecule has 0 aliphatic heterocycles. The SMILES string of the molecule is CCn1cc(CN(C)C(=O)c2cn(C)nc2C)cn1. The molecule has 0 fully saturated rings. The smallest absolute Gasteiger partial charge is 0.257 e. The number of hydrogen-bond donors (Lipinski definition) is 0. The first-order chi connectivity index (χ1) is 9.01. The number of aryl methyl sites for hydroxylation is 3. The molecule has 0 saturated carbocycles. The van der Waals surface area contributed by atoms with Crippen LogP contribution in [-0.2, 0) is 20.1 Å². The van der Waals surface area contributed by atoms with Crippen LogP contribution < -0.4 is 0 Å². The molecule has 0 spiro atoms. The molecule has 0 N–H and O–H groups in total. The lowest BCUT2D eigenvalue weighted by molar-refractivity contribution is 0.0784. The highest BCUT2D eigenvalue weighted by molar-refractivity contribution is 5.94. The van der Waals surface area contributed by atoms with E-state index in [1.54, 1.807) is 29.0 Å². The van der Waals surface area contributed by atoms with E-state index in [0.717, 1.165) is 17.8 Å². The lowest BCUT2D eigenvalue weighted by Gasteiger charge is -2.15. The van der Waals surface area contributed by atoms with Gasteiger partial charge in [0, 0.05) is 45.1 Å². The molecule has 0 unspecified atom stereocenters. The Labute approximate surface area is 112 Å². The fraction of sp³-hybridized carbons (Fsp3) is 0.462. The van der Waals surface area contributed by atoms with Gasteiger partial charge >= 0.3 is 0 Å². The highest BCUT2D eigenvalue weighted by atomic mass is 16.2. The second-order valence-corrected chi connectivity index (χ2v) is 4.67. The zero-order chi connectivity index (χ0) is 14.0. The van der Waals surface area contributed by atoms with Crippen LogP contribution in [0, 0.1) is 6.92 Å². The summed E-state index contributed by atoms with van der Waals surface area (Å²) in [5.74, 6) is -0.0187. The molecule has 19 heavy (non-hydrogen) atoms. The van der Waals surface area contributed by atoms with Crippen molar-refractivity contribution in [2.75, 3.05) is 7.05 Å². The molecule has 0 aliphatic rings. The van der Waals surface area contributed by atoms with Crippen molar-refractivity contribution >= 4 is 5.91 Å². The van der Waals surface area contributed by atoms with Crippen LogP contribution in [0.2, 0.25) is 0 Å². The summed E-state index contributed by atoms with van der Waals surface area (Å²) in [5, 5.41) is 8.40. The second kappa shape index (κ2) is 5.26. The highest BCUT2D eigenvalue weighted by Crippen LogP contribution is 2.10. The quantitative estimate of drug-likeness (QED) is 0.831. The van der Waals surface area contributed by atoms with Gasteiger partial charge in [-0.05, 0) is 13.8 Å². The molecule has 102 valence electrons. The third-order valence-corrected chi connectivity index (χ3v) is 3.02. The molecule has 0 radical (unpaired) electrons. The first kappa shape index (κ1) is 13.3. The number of carbonyl (C=O) groups excluding carboxylic acids is 1. The van der Waals surface area contributed by atoms with E-state index in [-0.39, 0.29) is 5.91 Å². The van der Waals surface area contributed by atoms with Crippen molar-refractivity contribution in [2.24, 2.45) is 7.05 Å². The summed E-state index contributed by atoms with van der Waals surface area (Å²) in [5.41, 5.74) is 2.43. The van der Waals surface area contributed by atoms with E-state index in [2.05, 4.69) is 10.2 Å². The second-order valence-electron chi connectivity index (χ2n) is 4.67. The topological polar surface area (TPSA) is 56.0 Å². The molecule has 2 aromatic heterocycles. The van der Waals surface area contributed by atoms with Gasteiger partial charge in [-0.2, -0.15) is 10.2 Å². The van der Waals surface area contributed by atoms with Crippen LogP contribution in [0.3, 0.4) is 0 Å². The lowest BCUT2D eigenvalue weighted by atomic mass is 10.2. The van der Waals surface area contributed by atoms with Gasteiger partial charge in [-0.1, -0.05) is 0 Å². The number of aromatic nitrogens is 4. The summed E-state index contributed by atoms with van der Waals surface area (Å²) in [6.45, 7) is 5.26. The number of hydrogen-bond acceptors (Lipinski definition) is 3. The normalized spacial score (nSPS) is 10.7. The van der Waals surface area contributed by atoms with E-state index in [1.807, 2.05) is 31.8 Å². The van der Waals surface area contributed by atoms with Crippen molar-refractivity contribution in [1.82, 2.24) is 24.5 Å². The summed E-state index contributed by atoms with van der Waals surface area (Å²) in [6, 6.07) is 0. The highest BCUT2D eigenvalue weighted by Gasteiger charge is 2.17. The Kier molecular flexibility index (Phi) is 3.69. The minimum Gasteiger partial charge on any atom is -0.337 e. The monoisotopic (exact) mass is 261 g/mol. The minimum atomic E-state index is -0.0187. The maximum Gasteiger partial charge on any atom is 0.257 e. The number of amides is 1. The number of nitrogens with zero attached hydrogens (tertiary/aromatic N) is 5. The van der Waals surface area contributed by atoms with Crippen LogP contribution >= 0.6 is 0 Å². The van der Waals surface area contributed by atoms with Crippen molar-refractivity contribution < 1.29 is 4.79 Å². The Bertz CT molecular complexity index is 584. The average Bonchev–Trinajstić information content (AvgIpc) is 2.94. The summed E-state index contributed by atoms with van der Waals surface area (Å²) in [4.78, 5) is 14.0. The van der Waals surface area contributed by atoms with Crippen LogP contribution in [0.15, 0.2) is 18.6 Å². The van der Waals surface area contributed by atoms with E-state index in [1.165, 1.54) is 0 Å². The van der Waals surface area contributed by atoms with Gasteiger partial charge in [0.1, 0.15) is 0 Å². The molecule has 0 bridgehead atoms. The van der Waals surface area contributed by atoms with Crippen LogP contribution in [0.1, 0.15) is 28.5 Å². The van der Waals surface area contributed by atoms with Gasteiger partial charge in [0.15, 0.2) is 0 Å². The standard InChI is InChI=1S/C13H19N5O/c1-5-18-8-11(6-14-18)7-16(3)13(19)12-9-17(4)15-10(12)2/h6,8-9H,5,7H2,1-4H3. The predicted octanol–water partition coefficient (Wildman–Crippen LogP) is 1.22. The van der Waals surface area contributed by atoms with E-state index in [4.69, 9.17) is 0 Å². The maximum atomic E-state index is 12.3. The first-order valence-electron chi connectivity index (χ1n) is 6.28. The van der Waals surface area contributed by atoms with Crippen LogP contribution in [0.4, 0.5) is 0 Å². The largest absolute Gasteiger partial charge is 0.337 e. The minimum absolute atomic E-state index is 0.0187. The summed E-state index contributed by atoms with van der Waals surface area (Å²) in [6.07, 6.45) is 5.51. The average molecular weight is 261 g/mol. The van der Waals surface area contributed by atoms with Gasteiger partial charge in [0.2, 0.25) is 0 Å². The molecule has 2 rings (SSSR count). The van der Waals surface area contributed by atoms with Crippen molar-refractivity contribution in [1.29, 1.82) is 0 Å². The fourth-order valence-electron chi connectivity index (χ4n) is 2.02. The maximum absolute atomic E-state index is 12.3. The summed E-state index contributed by atoms with van der Waals surface area (Å²) >= 11 is 0. The number of carbonyl (C=O) groups is 1. The van der Waals surface area contributed by atoms with E-state index < -0.39 is 0 Å².